The van der Waals surface area contributed by atoms with Crippen molar-refractivity contribution in [3.05, 3.63) is 35.3 Å². The number of H-pyrrole nitrogens is 1. The molecule has 0 aliphatic carbocycles. The first-order valence-corrected chi connectivity index (χ1v) is 5.72. The Morgan fingerprint density at radius 2 is 2.00 bits per heavy atom. The van der Waals surface area contributed by atoms with Gasteiger partial charge in [-0.2, -0.15) is 5.10 Å². The smallest absolute Gasteiger partial charge is 0.353 e. The number of carbonyl (C=O) groups is 2. The number of carboxylic acid groups (broad SMARTS) is 1. The molecular formula is C13H11FN2O5. The fourth-order valence-corrected chi connectivity index (χ4v) is 1.79. The number of aromatic carboxylic acids is 1. The summed E-state index contributed by atoms with van der Waals surface area (Å²) in [5, 5.41) is 14.9. The highest BCUT2D eigenvalue weighted by atomic mass is 19.1. The highest BCUT2D eigenvalue weighted by molar-refractivity contribution is 5.94. The molecule has 0 aliphatic heterocycles. The molecule has 1 aromatic heterocycles. The van der Waals surface area contributed by atoms with Gasteiger partial charge in [0.1, 0.15) is 11.3 Å². The zero-order valence-electron chi connectivity index (χ0n) is 11.1. The van der Waals surface area contributed by atoms with Gasteiger partial charge in [0.05, 0.1) is 19.9 Å². The van der Waals surface area contributed by atoms with Crippen molar-refractivity contribution in [2.75, 3.05) is 14.2 Å². The van der Waals surface area contributed by atoms with Gasteiger partial charge in [-0.1, -0.05) is 0 Å². The number of carboxylic acids is 1. The van der Waals surface area contributed by atoms with Crippen molar-refractivity contribution < 1.29 is 28.6 Å². The van der Waals surface area contributed by atoms with Crippen LogP contribution in [0, 0.1) is 5.82 Å². The van der Waals surface area contributed by atoms with E-state index in [1.807, 2.05) is 0 Å². The Morgan fingerprint density at radius 1 is 1.29 bits per heavy atom. The van der Waals surface area contributed by atoms with Gasteiger partial charge in [0.2, 0.25) is 0 Å². The van der Waals surface area contributed by atoms with Crippen LogP contribution in [-0.2, 0) is 4.74 Å². The largest absolute Gasteiger partial charge is 0.493 e. The maximum atomic E-state index is 14.0. The van der Waals surface area contributed by atoms with Crippen molar-refractivity contribution in [3.63, 3.8) is 0 Å². The lowest BCUT2D eigenvalue weighted by Crippen LogP contribution is -2.06. The predicted molar refractivity (Wildman–Crippen MR) is 68.8 cm³/mol. The Balaban J connectivity index is 2.56. The Hall–Kier alpha value is -2.90. The standard InChI is InChI=1S/C13H11FN2O5/c1-20-11-7(13(19)21-2)3-6(4-8(11)14)9-5-10(12(17)18)16-15-9/h3-5H,1-2H3,(H,15,16)(H,17,18). The molecule has 0 spiro atoms. The molecular weight excluding hydrogens is 283 g/mol. The fraction of sp³-hybridized carbons (Fsp3) is 0.154. The molecule has 0 radical (unpaired) electrons. The number of hydrogen-bond acceptors (Lipinski definition) is 5. The average Bonchev–Trinajstić information content (AvgIpc) is 2.95. The summed E-state index contributed by atoms with van der Waals surface area (Å²) in [7, 11) is 2.38. The van der Waals surface area contributed by atoms with Crippen LogP contribution in [0.25, 0.3) is 11.3 Å². The molecule has 0 unspecified atom stereocenters. The van der Waals surface area contributed by atoms with Gasteiger partial charge in [0.25, 0.3) is 0 Å². The van der Waals surface area contributed by atoms with Crippen LogP contribution in [0.2, 0.25) is 0 Å². The molecule has 0 fully saturated rings. The fourth-order valence-electron chi connectivity index (χ4n) is 1.79. The second-order valence-electron chi connectivity index (χ2n) is 4.00. The van der Waals surface area contributed by atoms with Crippen LogP contribution >= 0.6 is 0 Å². The minimum atomic E-state index is -1.20. The third-order valence-electron chi connectivity index (χ3n) is 2.76. The third-order valence-corrected chi connectivity index (χ3v) is 2.76. The van der Waals surface area contributed by atoms with Crippen LogP contribution in [0.15, 0.2) is 18.2 Å². The average molecular weight is 294 g/mol. The maximum absolute atomic E-state index is 14.0. The van der Waals surface area contributed by atoms with Crippen molar-refractivity contribution in [2.24, 2.45) is 0 Å². The summed E-state index contributed by atoms with van der Waals surface area (Å²) < 4.78 is 23.4. The maximum Gasteiger partial charge on any atom is 0.353 e. The molecule has 8 heteroatoms. The molecule has 0 aliphatic rings. The van der Waals surface area contributed by atoms with Crippen LogP contribution < -0.4 is 4.74 Å². The number of rotatable bonds is 4. The van der Waals surface area contributed by atoms with Crippen molar-refractivity contribution in [2.45, 2.75) is 0 Å². The molecule has 21 heavy (non-hydrogen) atoms. The van der Waals surface area contributed by atoms with Crippen LogP contribution in [0.1, 0.15) is 20.8 Å². The van der Waals surface area contributed by atoms with Gasteiger partial charge >= 0.3 is 11.9 Å². The van der Waals surface area contributed by atoms with E-state index in [1.165, 1.54) is 19.2 Å². The van der Waals surface area contributed by atoms with Crippen molar-refractivity contribution in [1.82, 2.24) is 10.2 Å². The number of nitrogens with one attached hydrogen (secondary N) is 1. The van der Waals surface area contributed by atoms with E-state index in [1.54, 1.807) is 0 Å². The Morgan fingerprint density at radius 3 is 2.52 bits per heavy atom. The van der Waals surface area contributed by atoms with Gasteiger partial charge in [-0.3, -0.25) is 5.10 Å². The number of methoxy groups -OCH3 is 2. The highest BCUT2D eigenvalue weighted by Gasteiger charge is 2.20. The number of aromatic amines is 1. The number of carbonyl (C=O) groups excluding carboxylic acids is 1. The van der Waals surface area contributed by atoms with E-state index in [0.29, 0.717) is 0 Å². The molecule has 2 rings (SSSR count). The lowest BCUT2D eigenvalue weighted by Gasteiger charge is -2.09. The number of hydrogen-bond donors (Lipinski definition) is 2. The predicted octanol–water partition coefficient (Wildman–Crippen LogP) is 1.71. The van der Waals surface area contributed by atoms with Gasteiger partial charge in [0.15, 0.2) is 11.6 Å². The van der Waals surface area contributed by atoms with Gasteiger partial charge in [-0.15, -0.1) is 0 Å². The number of benzene rings is 1. The molecule has 110 valence electrons. The summed E-state index contributed by atoms with van der Waals surface area (Å²) in [6.45, 7) is 0. The van der Waals surface area contributed by atoms with E-state index in [4.69, 9.17) is 9.84 Å². The first kappa shape index (κ1) is 14.5. The lowest BCUT2D eigenvalue weighted by atomic mass is 10.1. The molecule has 1 heterocycles. The monoisotopic (exact) mass is 294 g/mol. The van der Waals surface area contributed by atoms with Crippen molar-refractivity contribution >= 4 is 11.9 Å². The summed E-state index contributed by atoms with van der Waals surface area (Å²) in [5.74, 6) is -3.01. The second-order valence-corrected chi connectivity index (χ2v) is 4.00. The van der Waals surface area contributed by atoms with Crippen LogP contribution in [0.3, 0.4) is 0 Å². The normalized spacial score (nSPS) is 10.2. The molecule has 0 amide bonds. The summed E-state index contributed by atoms with van der Waals surface area (Å²) in [6, 6.07) is 3.63. The minimum absolute atomic E-state index is 0.116. The summed E-state index contributed by atoms with van der Waals surface area (Å²) >= 11 is 0. The Bertz CT molecular complexity index is 711. The zero-order valence-corrected chi connectivity index (χ0v) is 11.1. The highest BCUT2D eigenvalue weighted by Crippen LogP contribution is 2.29. The third kappa shape index (κ3) is 2.69. The number of ether oxygens (including phenoxy) is 2. The number of esters is 1. The van der Waals surface area contributed by atoms with Crippen molar-refractivity contribution in [3.8, 4) is 17.0 Å². The van der Waals surface area contributed by atoms with Gasteiger partial charge in [-0.05, 0) is 18.2 Å². The number of nitrogens with zero attached hydrogens (tertiary/aromatic N) is 1. The van der Waals surface area contributed by atoms with E-state index in [9.17, 15) is 14.0 Å². The molecule has 2 N–H and O–H groups in total. The van der Waals surface area contributed by atoms with Crippen LogP contribution in [0.5, 0.6) is 5.75 Å². The molecule has 0 saturated carbocycles. The minimum Gasteiger partial charge on any atom is -0.493 e. The number of aromatic nitrogens is 2. The quantitative estimate of drug-likeness (QED) is 0.832. The summed E-state index contributed by atoms with van der Waals surface area (Å²) in [5.41, 5.74) is 0.132. The molecule has 0 atom stereocenters. The van der Waals surface area contributed by atoms with Crippen LogP contribution in [-0.4, -0.2) is 41.5 Å². The van der Waals surface area contributed by atoms with E-state index < -0.39 is 17.8 Å². The Labute approximate surface area is 118 Å². The Kier molecular flexibility index (Phi) is 3.88. The number of halogens is 1. The zero-order chi connectivity index (χ0) is 15.6. The van der Waals surface area contributed by atoms with Gasteiger partial charge < -0.3 is 14.6 Å². The molecule has 1 aromatic carbocycles. The van der Waals surface area contributed by atoms with Crippen molar-refractivity contribution in [1.29, 1.82) is 0 Å². The first-order valence-electron chi connectivity index (χ1n) is 5.72. The topological polar surface area (TPSA) is 102 Å². The SMILES string of the molecule is COC(=O)c1cc(-c2cc(C(=O)O)[nH]n2)cc(F)c1OC. The molecule has 7 nitrogen and oxygen atoms in total. The van der Waals surface area contributed by atoms with E-state index in [0.717, 1.165) is 13.2 Å². The van der Waals surface area contributed by atoms with E-state index >= 15 is 0 Å². The summed E-state index contributed by atoms with van der Waals surface area (Å²) in [4.78, 5) is 22.4. The molecule has 2 aromatic rings. The van der Waals surface area contributed by atoms with E-state index in [2.05, 4.69) is 14.9 Å². The molecule has 0 bridgehead atoms. The van der Waals surface area contributed by atoms with Gasteiger partial charge in [0, 0.05) is 5.56 Å². The first-order chi connectivity index (χ1) is 9.97. The molecule has 0 saturated heterocycles. The van der Waals surface area contributed by atoms with Gasteiger partial charge in [-0.25, -0.2) is 14.0 Å². The second kappa shape index (κ2) is 5.61. The van der Waals surface area contributed by atoms with E-state index in [-0.39, 0.29) is 28.3 Å². The summed E-state index contributed by atoms with van der Waals surface area (Å²) in [6.07, 6.45) is 0. The van der Waals surface area contributed by atoms with Crippen LogP contribution in [0.4, 0.5) is 4.39 Å². The lowest BCUT2D eigenvalue weighted by molar-refractivity contribution is 0.0595.